The summed E-state index contributed by atoms with van der Waals surface area (Å²) < 4.78 is 0. The predicted molar refractivity (Wildman–Crippen MR) is 99.8 cm³/mol. The lowest BCUT2D eigenvalue weighted by molar-refractivity contribution is -0.124. The first-order chi connectivity index (χ1) is 12.9. The van der Waals surface area contributed by atoms with Crippen LogP contribution in [0.15, 0.2) is 46.9 Å². The lowest BCUT2D eigenvalue weighted by Gasteiger charge is -2.45. The number of benzene rings is 1. The molecule has 1 amide bonds. The van der Waals surface area contributed by atoms with E-state index in [-0.39, 0.29) is 23.1 Å². The average molecular weight is 363 g/mol. The number of nitriles is 1. The number of amides is 1. The van der Waals surface area contributed by atoms with E-state index in [1.54, 1.807) is 31.2 Å². The molecular formula is C20H21N5O2. The summed E-state index contributed by atoms with van der Waals surface area (Å²) >= 11 is 0. The topological polar surface area (TPSA) is 93.7 Å². The van der Waals surface area contributed by atoms with E-state index in [1.165, 1.54) is 4.90 Å². The predicted octanol–water partition coefficient (Wildman–Crippen LogP) is 1.39. The van der Waals surface area contributed by atoms with Crippen molar-refractivity contribution in [1.29, 1.82) is 5.26 Å². The molecule has 7 nitrogen and oxygen atoms in total. The van der Waals surface area contributed by atoms with Crippen LogP contribution >= 0.6 is 0 Å². The Morgan fingerprint density at radius 1 is 1.22 bits per heavy atom. The lowest BCUT2D eigenvalue weighted by Crippen LogP contribution is -2.54. The van der Waals surface area contributed by atoms with Gasteiger partial charge in [-0.1, -0.05) is 18.2 Å². The van der Waals surface area contributed by atoms with E-state index in [1.807, 2.05) is 24.3 Å². The number of carbonyl (C=O) groups is 2. The Kier molecular flexibility index (Phi) is 3.65. The fourth-order valence-electron chi connectivity index (χ4n) is 4.67. The number of fused-ring (bicyclic) bond motifs is 3. The molecular weight excluding hydrogens is 342 g/mol. The van der Waals surface area contributed by atoms with Gasteiger partial charge in [0.05, 0.1) is 5.57 Å². The fourth-order valence-corrected chi connectivity index (χ4v) is 4.67. The Labute approximate surface area is 157 Å². The Balaban J connectivity index is 2.17. The second-order valence-corrected chi connectivity index (χ2v) is 7.26. The minimum atomic E-state index is -1.45. The highest BCUT2D eigenvalue weighted by Gasteiger charge is 2.61. The van der Waals surface area contributed by atoms with Crippen LogP contribution in [0.5, 0.6) is 0 Å². The van der Waals surface area contributed by atoms with Gasteiger partial charge >= 0.3 is 0 Å². The molecule has 0 saturated heterocycles. The number of nitrogens with two attached hydrogens (primary N) is 1. The largest absolute Gasteiger partial charge is 0.383 e. The van der Waals surface area contributed by atoms with Gasteiger partial charge < -0.3 is 10.6 Å². The molecule has 138 valence electrons. The van der Waals surface area contributed by atoms with Crippen molar-refractivity contribution in [3.05, 3.63) is 52.5 Å². The smallest absolute Gasteiger partial charge is 0.247 e. The molecule has 0 aromatic heterocycles. The van der Waals surface area contributed by atoms with Gasteiger partial charge in [0, 0.05) is 50.1 Å². The van der Waals surface area contributed by atoms with E-state index in [0.717, 1.165) is 0 Å². The number of nitrogens with zero attached hydrogens (tertiary/aromatic N) is 4. The van der Waals surface area contributed by atoms with Crippen molar-refractivity contribution in [2.75, 3.05) is 26.0 Å². The molecule has 0 radical (unpaired) electrons. The number of para-hydroxylation sites is 1. The summed E-state index contributed by atoms with van der Waals surface area (Å²) in [6.07, 6.45) is 1.68. The summed E-state index contributed by atoms with van der Waals surface area (Å²) in [5, 5.41) is 13.5. The number of ketones is 1. The van der Waals surface area contributed by atoms with Crippen LogP contribution in [-0.4, -0.2) is 42.9 Å². The number of likely N-dealkylation sites (N-methyl/N-ethyl adjacent to an activating group) is 1. The molecule has 1 aliphatic carbocycles. The van der Waals surface area contributed by atoms with Gasteiger partial charge in [-0.2, -0.15) is 5.26 Å². The van der Waals surface area contributed by atoms with Crippen LogP contribution in [0.2, 0.25) is 0 Å². The molecule has 1 aromatic carbocycles. The van der Waals surface area contributed by atoms with Crippen LogP contribution in [-0.2, 0) is 15.0 Å². The molecule has 0 saturated carbocycles. The van der Waals surface area contributed by atoms with Crippen LogP contribution in [0.3, 0.4) is 0 Å². The first-order valence-corrected chi connectivity index (χ1v) is 8.89. The second-order valence-electron chi connectivity index (χ2n) is 7.26. The molecule has 4 rings (SSSR count). The van der Waals surface area contributed by atoms with Crippen LogP contribution in [0.4, 0.5) is 5.69 Å². The normalized spacial score (nSPS) is 24.7. The number of hydrazine groups is 1. The van der Waals surface area contributed by atoms with Crippen LogP contribution in [0.25, 0.3) is 0 Å². The summed E-state index contributed by atoms with van der Waals surface area (Å²) in [6, 6.07) is 9.48. The maximum absolute atomic E-state index is 13.6. The molecule has 0 bridgehead atoms. The SMILES string of the molecule is CN1C(=O)[C@]2(C(C#N)=C(N)N(N(C)C)C3=C2C(=O)CCC3)c2ccccc21. The quantitative estimate of drug-likeness (QED) is 0.810. The minimum Gasteiger partial charge on any atom is -0.383 e. The second kappa shape index (κ2) is 5.69. The fraction of sp³-hybridized carbons (Fsp3) is 0.350. The summed E-state index contributed by atoms with van der Waals surface area (Å²) in [5.74, 6) is -0.194. The van der Waals surface area contributed by atoms with Crippen molar-refractivity contribution in [2.45, 2.75) is 24.7 Å². The van der Waals surface area contributed by atoms with Gasteiger partial charge in [0.2, 0.25) is 5.91 Å². The van der Waals surface area contributed by atoms with Gasteiger partial charge in [0.15, 0.2) is 5.78 Å². The number of carbonyl (C=O) groups excluding carboxylic acids is 2. The third kappa shape index (κ3) is 1.93. The van der Waals surface area contributed by atoms with Gasteiger partial charge in [-0.25, -0.2) is 5.01 Å². The van der Waals surface area contributed by atoms with Crippen molar-refractivity contribution in [1.82, 2.24) is 10.0 Å². The summed E-state index contributed by atoms with van der Waals surface area (Å²) in [7, 11) is 5.28. The standard InChI is InChI=1S/C20H21N5O2/c1-23(2)25-15-9-6-10-16(26)17(15)20(13(11-21)18(25)22)12-7-4-5-8-14(12)24(3)19(20)27/h4-5,7-8H,6,9-10,22H2,1-3H3/t20-/m0/s1. The molecule has 0 unspecified atom stereocenters. The van der Waals surface area contributed by atoms with Crippen molar-refractivity contribution in [3.63, 3.8) is 0 Å². The van der Waals surface area contributed by atoms with Crippen LogP contribution in [0, 0.1) is 11.3 Å². The molecule has 1 atom stereocenters. The number of hydrogen-bond donors (Lipinski definition) is 1. The average Bonchev–Trinajstić information content (AvgIpc) is 2.85. The first kappa shape index (κ1) is 17.3. The van der Waals surface area contributed by atoms with E-state index in [2.05, 4.69) is 6.07 Å². The Hall–Kier alpha value is -3.11. The van der Waals surface area contributed by atoms with Gasteiger partial charge in [0.1, 0.15) is 17.3 Å². The summed E-state index contributed by atoms with van der Waals surface area (Å²) in [4.78, 5) is 28.3. The van der Waals surface area contributed by atoms with E-state index in [4.69, 9.17) is 5.73 Å². The molecule has 1 aromatic rings. The van der Waals surface area contributed by atoms with Gasteiger partial charge in [-0.3, -0.25) is 14.6 Å². The Morgan fingerprint density at radius 2 is 1.93 bits per heavy atom. The molecule has 2 heterocycles. The number of allylic oxidation sites excluding steroid dienone is 1. The molecule has 27 heavy (non-hydrogen) atoms. The molecule has 1 spiro atoms. The van der Waals surface area contributed by atoms with Crippen LogP contribution in [0.1, 0.15) is 24.8 Å². The van der Waals surface area contributed by atoms with Gasteiger partial charge in [-0.05, 0) is 18.9 Å². The highest BCUT2D eigenvalue weighted by molar-refractivity contribution is 6.20. The Bertz CT molecular complexity index is 984. The molecule has 2 N–H and O–H groups in total. The number of hydrogen-bond acceptors (Lipinski definition) is 6. The van der Waals surface area contributed by atoms with Gasteiger partial charge in [-0.15, -0.1) is 0 Å². The minimum absolute atomic E-state index is 0.0956. The maximum Gasteiger partial charge on any atom is 0.247 e. The monoisotopic (exact) mass is 363 g/mol. The maximum atomic E-state index is 13.6. The third-order valence-electron chi connectivity index (χ3n) is 5.68. The molecule has 2 aliphatic heterocycles. The summed E-state index contributed by atoms with van der Waals surface area (Å²) in [6.45, 7) is 0. The lowest BCUT2D eigenvalue weighted by atomic mass is 9.64. The highest BCUT2D eigenvalue weighted by atomic mass is 16.2. The number of anilines is 1. The van der Waals surface area contributed by atoms with E-state index in [9.17, 15) is 14.9 Å². The van der Waals surface area contributed by atoms with Crippen molar-refractivity contribution in [2.24, 2.45) is 5.73 Å². The van der Waals surface area contributed by atoms with E-state index >= 15 is 0 Å². The number of Topliss-reactive ketones (excluding diaryl/α,β-unsaturated/α-hetero) is 1. The van der Waals surface area contributed by atoms with Crippen LogP contribution < -0.4 is 10.6 Å². The first-order valence-electron chi connectivity index (χ1n) is 8.89. The highest BCUT2D eigenvalue weighted by Crippen LogP contribution is 2.55. The van der Waals surface area contributed by atoms with Crippen molar-refractivity contribution in [3.8, 4) is 6.07 Å². The molecule has 0 fully saturated rings. The Morgan fingerprint density at radius 3 is 2.59 bits per heavy atom. The zero-order valence-electron chi connectivity index (χ0n) is 15.6. The van der Waals surface area contributed by atoms with Gasteiger partial charge in [0.25, 0.3) is 0 Å². The third-order valence-corrected chi connectivity index (χ3v) is 5.68. The molecule has 7 heteroatoms. The zero-order valence-corrected chi connectivity index (χ0v) is 15.6. The van der Waals surface area contributed by atoms with E-state index < -0.39 is 5.41 Å². The molecule has 3 aliphatic rings. The number of rotatable bonds is 1. The zero-order chi connectivity index (χ0) is 19.5. The summed E-state index contributed by atoms with van der Waals surface area (Å²) in [5.41, 5.74) is 7.56. The van der Waals surface area contributed by atoms with E-state index in [0.29, 0.717) is 41.8 Å². The van der Waals surface area contributed by atoms with Crippen molar-refractivity contribution < 1.29 is 9.59 Å². The van der Waals surface area contributed by atoms with Crippen molar-refractivity contribution >= 4 is 17.4 Å².